The Morgan fingerprint density at radius 2 is 1.50 bits per heavy atom. The van der Waals surface area contributed by atoms with Crippen molar-refractivity contribution in [1.82, 2.24) is 0 Å². The summed E-state index contributed by atoms with van der Waals surface area (Å²) >= 11 is 0. The Bertz CT molecular complexity index is 1100. The smallest absolute Gasteiger partial charge is 0.287 e. The standard InChI is InChI=1S/C23H22NO3P/c1-16(25)24-18-14-12-17(13-15-18)23(2,3)28(26)22-11-7-5-9-20(22)19-8-4-6-10-21(19)27-28/h4-15H,1-3H3,(H,24,25). The molecule has 28 heavy (non-hydrogen) atoms. The molecule has 0 bridgehead atoms. The van der Waals surface area contributed by atoms with Crippen LogP contribution in [0.4, 0.5) is 5.69 Å². The largest absolute Gasteiger partial charge is 0.439 e. The molecule has 1 aliphatic heterocycles. The Morgan fingerprint density at radius 1 is 0.893 bits per heavy atom. The quantitative estimate of drug-likeness (QED) is 0.596. The van der Waals surface area contributed by atoms with E-state index >= 15 is 0 Å². The highest BCUT2D eigenvalue weighted by atomic mass is 31.2. The molecule has 5 heteroatoms. The van der Waals surface area contributed by atoms with Gasteiger partial charge in [0.1, 0.15) is 5.75 Å². The molecule has 1 heterocycles. The van der Waals surface area contributed by atoms with Crippen LogP contribution in [0.5, 0.6) is 5.75 Å². The molecule has 1 unspecified atom stereocenters. The number of rotatable bonds is 3. The van der Waals surface area contributed by atoms with Gasteiger partial charge in [-0.2, -0.15) is 0 Å². The molecule has 0 fully saturated rings. The van der Waals surface area contributed by atoms with Crippen LogP contribution in [0.1, 0.15) is 26.3 Å². The van der Waals surface area contributed by atoms with Gasteiger partial charge < -0.3 is 9.84 Å². The summed E-state index contributed by atoms with van der Waals surface area (Å²) in [5.41, 5.74) is 3.51. The first kappa shape index (κ1) is 18.5. The Balaban J connectivity index is 1.83. The second-order valence-corrected chi connectivity index (χ2v) is 10.4. The number of para-hydroxylation sites is 1. The summed E-state index contributed by atoms with van der Waals surface area (Å²) in [6, 6.07) is 22.9. The van der Waals surface area contributed by atoms with Gasteiger partial charge in [-0.15, -0.1) is 0 Å². The number of carbonyl (C=O) groups excluding carboxylic acids is 1. The monoisotopic (exact) mass is 391 g/mol. The Morgan fingerprint density at radius 3 is 2.18 bits per heavy atom. The minimum absolute atomic E-state index is 0.124. The van der Waals surface area contributed by atoms with Crippen molar-refractivity contribution in [1.29, 1.82) is 0 Å². The van der Waals surface area contributed by atoms with Crippen LogP contribution in [0, 0.1) is 0 Å². The van der Waals surface area contributed by atoms with Gasteiger partial charge in [0.15, 0.2) is 0 Å². The van der Waals surface area contributed by atoms with Gasteiger partial charge in [0, 0.05) is 18.2 Å². The van der Waals surface area contributed by atoms with Gasteiger partial charge in [-0.25, -0.2) is 0 Å². The number of fused-ring (bicyclic) bond motifs is 3. The Hall–Kier alpha value is -2.84. The SMILES string of the molecule is CC(=O)Nc1ccc(C(C)(C)P2(=O)Oc3ccccc3-c3ccccc32)cc1. The zero-order chi connectivity index (χ0) is 19.9. The lowest BCUT2D eigenvalue weighted by Crippen LogP contribution is -2.31. The molecule has 0 saturated carbocycles. The van der Waals surface area contributed by atoms with Crippen molar-refractivity contribution in [3.05, 3.63) is 78.4 Å². The lowest BCUT2D eigenvalue weighted by atomic mass is 10.0. The minimum atomic E-state index is -3.29. The van der Waals surface area contributed by atoms with E-state index in [1.54, 1.807) is 0 Å². The number of amides is 1. The molecule has 3 aromatic carbocycles. The van der Waals surface area contributed by atoms with E-state index in [9.17, 15) is 9.36 Å². The molecule has 0 spiro atoms. The summed E-state index contributed by atoms with van der Waals surface area (Å²) < 4.78 is 20.7. The van der Waals surface area contributed by atoms with Crippen LogP contribution in [0.25, 0.3) is 11.1 Å². The Labute approximate surface area is 165 Å². The summed E-state index contributed by atoms with van der Waals surface area (Å²) in [5.74, 6) is 0.522. The van der Waals surface area contributed by atoms with E-state index < -0.39 is 12.5 Å². The molecule has 1 atom stereocenters. The maximum absolute atomic E-state index is 14.4. The molecule has 3 aromatic rings. The fourth-order valence-electron chi connectivity index (χ4n) is 3.66. The number of anilines is 1. The average Bonchev–Trinajstić information content (AvgIpc) is 2.68. The molecule has 0 saturated heterocycles. The van der Waals surface area contributed by atoms with E-state index in [0.717, 1.165) is 22.0 Å². The maximum atomic E-state index is 14.4. The van der Waals surface area contributed by atoms with E-state index in [1.165, 1.54) is 6.92 Å². The summed E-state index contributed by atoms with van der Waals surface area (Å²) in [6.45, 7) is 5.37. The van der Waals surface area contributed by atoms with E-state index in [-0.39, 0.29) is 5.91 Å². The van der Waals surface area contributed by atoms with E-state index in [4.69, 9.17) is 4.52 Å². The fourth-order valence-corrected chi connectivity index (χ4v) is 6.31. The van der Waals surface area contributed by atoms with Crippen molar-refractivity contribution in [2.24, 2.45) is 0 Å². The molecule has 1 aliphatic rings. The summed E-state index contributed by atoms with van der Waals surface area (Å²) in [6.07, 6.45) is 0. The average molecular weight is 391 g/mol. The van der Waals surface area contributed by atoms with Crippen LogP contribution in [0.3, 0.4) is 0 Å². The van der Waals surface area contributed by atoms with Gasteiger partial charge in [-0.1, -0.05) is 48.5 Å². The second kappa shape index (κ2) is 6.65. The first-order chi connectivity index (χ1) is 13.3. The van der Waals surface area contributed by atoms with Crippen LogP contribution in [0.15, 0.2) is 72.8 Å². The first-order valence-corrected chi connectivity index (χ1v) is 10.8. The second-order valence-electron chi connectivity index (χ2n) is 7.47. The molecule has 0 radical (unpaired) electrons. The highest BCUT2D eigenvalue weighted by Crippen LogP contribution is 2.66. The van der Waals surface area contributed by atoms with Crippen molar-refractivity contribution in [2.45, 2.75) is 25.9 Å². The van der Waals surface area contributed by atoms with Gasteiger partial charge in [-0.3, -0.25) is 9.36 Å². The molecule has 0 aliphatic carbocycles. The van der Waals surface area contributed by atoms with Crippen molar-refractivity contribution >= 4 is 24.3 Å². The summed E-state index contributed by atoms with van der Waals surface area (Å²) in [5, 5.41) is 2.74. The molecule has 4 nitrogen and oxygen atoms in total. The minimum Gasteiger partial charge on any atom is -0.439 e. The fraction of sp³-hybridized carbons (Fsp3) is 0.174. The molecule has 1 amide bonds. The number of carbonyl (C=O) groups is 1. The van der Waals surface area contributed by atoms with Crippen LogP contribution < -0.4 is 15.1 Å². The molecule has 1 N–H and O–H groups in total. The van der Waals surface area contributed by atoms with Crippen molar-refractivity contribution in [2.75, 3.05) is 5.32 Å². The lowest BCUT2D eigenvalue weighted by Gasteiger charge is -2.39. The van der Waals surface area contributed by atoms with Crippen molar-refractivity contribution in [3.63, 3.8) is 0 Å². The van der Waals surface area contributed by atoms with Crippen molar-refractivity contribution < 1.29 is 13.9 Å². The highest BCUT2D eigenvalue weighted by molar-refractivity contribution is 7.68. The van der Waals surface area contributed by atoms with Crippen molar-refractivity contribution in [3.8, 4) is 16.9 Å². The van der Waals surface area contributed by atoms with Gasteiger partial charge in [-0.05, 0) is 49.2 Å². The van der Waals surface area contributed by atoms with E-state index in [2.05, 4.69) is 5.32 Å². The predicted octanol–water partition coefficient (Wildman–Crippen LogP) is 5.54. The summed E-state index contributed by atoms with van der Waals surface area (Å²) in [7, 11) is -3.29. The van der Waals surface area contributed by atoms with Crippen LogP contribution >= 0.6 is 7.37 Å². The zero-order valence-electron chi connectivity index (χ0n) is 16.1. The molecule has 0 aromatic heterocycles. The van der Waals surface area contributed by atoms with Gasteiger partial charge in [0.2, 0.25) is 5.91 Å². The highest BCUT2D eigenvalue weighted by Gasteiger charge is 2.49. The predicted molar refractivity (Wildman–Crippen MR) is 114 cm³/mol. The Kier molecular flexibility index (Phi) is 4.40. The molecular formula is C23H22NO3P. The number of hydrogen-bond donors (Lipinski definition) is 1. The van der Waals surface area contributed by atoms with E-state index in [0.29, 0.717) is 11.4 Å². The zero-order valence-corrected chi connectivity index (χ0v) is 17.0. The van der Waals surface area contributed by atoms with Crippen LogP contribution in [-0.2, 0) is 14.5 Å². The lowest BCUT2D eigenvalue weighted by molar-refractivity contribution is -0.114. The van der Waals surface area contributed by atoms with Gasteiger partial charge in [0.25, 0.3) is 7.37 Å². The topological polar surface area (TPSA) is 55.4 Å². The third-order valence-electron chi connectivity index (χ3n) is 5.27. The molecule has 4 rings (SSSR count). The first-order valence-electron chi connectivity index (χ1n) is 9.20. The number of benzene rings is 3. The number of hydrogen-bond acceptors (Lipinski definition) is 3. The van der Waals surface area contributed by atoms with Gasteiger partial charge >= 0.3 is 0 Å². The third-order valence-corrected chi connectivity index (χ3v) is 8.48. The van der Waals surface area contributed by atoms with Gasteiger partial charge in [0.05, 0.1) is 10.5 Å². The normalized spacial score (nSPS) is 17.8. The van der Waals surface area contributed by atoms with Crippen LogP contribution in [0.2, 0.25) is 0 Å². The molecule has 142 valence electrons. The maximum Gasteiger partial charge on any atom is 0.287 e. The molecular weight excluding hydrogens is 369 g/mol. The third kappa shape index (κ3) is 2.85. The van der Waals surface area contributed by atoms with E-state index in [1.807, 2.05) is 86.6 Å². The summed E-state index contributed by atoms with van der Waals surface area (Å²) in [4.78, 5) is 11.3. The van der Waals surface area contributed by atoms with Crippen LogP contribution in [-0.4, -0.2) is 5.91 Å². The number of nitrogens with one attached hydrogen (secondary N) is 1.